The molecule has 1 atom stereocenters. The van der Waals surface area contributed by atoms with Crippen molar-refractivity contribution < 1.29 is 9.90 Å². The largest absolute Gasteiger partial charge is 0.481 e. The van der Waals surface area contributed by atoms with Gasteiger partial charge in [-0.1, -0.05) is 29.8 Å². The monoisotopic (exact) mass is 235 g/mol. The summed E-state index contributed by atoms with van der Waals surface area (Å²) in [5.41, 5.74) is 1.62. The highest BCUT2D eigenvalue weighted by Gasteiger charge is 2.30. The minimum absolute atomic E-state index is 0.0710. The molecule has 0 saturated heterocycles. The van der Waals surface area contributed by atoms with Gasteiger partial charge in [0, 0.05) is 6.04 Å². The third-order valence-electron chi connectivity index (χ3n) is 3.12. The van der Waals surface area contributed by atoms with Crippen molar-refractivity contribution in [2.24, 2.45) is 5.41 Å². The Morgan fingerprint density at radius 1 is 1.35 bits per heavy atom. The summed E-state index contributed by atoms with van der Waals surface area (Å²) >= 11 is 0. The number of hydrogen-bond donors (Lipinski definition) is 2. The minimum atomic E-state index is -0.759. The molecule has 0 aromatic heterocycles. The quantitative estimate of drug-likeness (QED) is 0.825. The Bertz CT molecular complexity index is 382. The van der Waals surface area contributed by atoms with Crippen molar-refractivity contribution in [3.63, 3.8) is 0 Å². The third-order valence-corrected chi connectivity index (χ3v) is 3.12. The lowest BCUT2D eigenvalue weighted by molar-refractivity contribution is -0.147. The van der Waals surface area contributed by atoms with Gasteiger partial charge in [0.15, 0.2) is 0 Å². The maximum Gasteiger partial charge on any atom is 0.309 e. The van der Waals surface area contributed by atoms with Crippen molar-refractivity contribution in [3.8, 4) is 0 Å². The van der Waals surface area contributed by atoms with E-state index in [2.05, 4.69) is 17.4 Å². The van der Waals surface area contributed by atoms with Crippen LogP contribution in [-0.4, -0.2) is 18.1 Å². The van der Waals surface area contributed by atoms with Gasteiger partial charge in [-0.2, -0.15) is 0 Å². The van der Waals surface area contributed by atoms with Crippen LogP contribution in [0.15, 0.2) is 24.3 Å². The van der Waals surface area contributed by atoms with Gasteiger partial charge < -0.3 is 10.4 Å². The van der Waals surface area contributed by atoms with Crippen LogP contribution in [0.1, 0.15) is 37.4 Å². The number of rotatable bonds is 5. The number of nitrogens with one attached hydrogen (secondary N) is 1. The lowest BCUT2D eigenvalue weighted by Crippen LogP contribution is -2.30. The number of hydrogen-bond acceptors (Lipinski definition) is 2. The molecule has 2 N–H and O–H groups in total. The van der Waals surface area contributed by atoms with E-state index in [1.54, 1.807) is 13.8 Å². The number of aryl methyl sites for hydroxylation is 1. The molecular weight excluding hydrogens is 214 g/mol. The first-order valence-electron chi connectivity index (χ1n) is 5.84. The van der Waals surface area contributed by atoms with Crippen molar-refractivity contribution in [2.45, 2.75) is 33.2 Å². The predicted octanol–water partition coefficient (Wildman–Crippen LogP) is 2.76. The van der Waals surface area contributed by atoms with Crippen molar-refractivity contribution in [1.29, 1.82) is 0 Å². The van der Waals surface area contributed by atoms with Crippen LogP contribution in [0.3, 0.4) is 0 Å². The normalized spacial score (nSPS) is 13.4. The summed E-state index contributed by atoms with van der Waals surface area (Å²) in [5, 5.41) is 12.3. The molecule has 0 radical (unpaired) electrons. The van der Waals surface area contributed by atoms with Gasteiger partial charge in [-0.05, 0) is 39.8 Å². The maximum absolute atomic E-state index is 11.1. The SMILES string of the molecule is CNC(CC(C)(C)C(=O)O)c1ccc(C)cc1. The molecule has 3 heteroatoms. The highest BCUT2D eigenvalue weighted by atomic mass is 16.4. The Morgan fingerprint density at radius 3 is 2.29 bits per heavy atom. The predicted molar refractivity (Wildman–Crippen MR) is 69.0 cm³/mol. The summed E-state index contributed by atoms with van der Waals surface area (Å²) in [6.45, 7) is 5.56. The second kappa shape index (κ2) is 5.32. The highest BCUT2D eigenvalue weighted by Crippen LogP contribution is 2.30. The molecular formula is C14H21NO2. The van der Waals surface area contributed by atoms with Gasteiger partial charge >= 0.3 is 5.97 Å². The summed E-state index contributed by atoms with van der Waals surface area (Å²) < 4.78 is 0. The van der Waals surface area contributed by atoms with Gasteiger partial charge in [0.1, 0.15) is 0 Å². The van der Waals surface area contributed by atoms with E-state index in [4.69, 9.17) is 5.11 Å². The summed E-state index contributed by atoms with van der Waals surface area (Å²) in [5.74, 6) is -0.759. The van der Waals surface area contributed by atoms with E-state index >= 15 is 0 Å². The van der Waals surface area contributed by atoms with Gasteiger partial charge in [-0.3, -0.25) is 4.79 Å². The van der Waals surface area contributed by atoms with E-state index in [-0.39, 0.29) is 6.04 Å². The molecule has 0 fully saturated rings. The number of aliphatic carboxylic acids is 1. The first kappa shape index (κ1) is 13.7. The molecule has 0 aliphatic heterocycles. The minimum Gasteiger partial charge on any atom is -0.481 e. The third kappa shape index (κ3) is 3.56. The number of carboxylic acid groups (broad SMARTS) is 1. The molecule has 0 amide bonds. The Kier molecular flexibility index (Phi) is 4.29. The molecule has 1 unspecified atom stereocenters. The molecule has 3 nitrogen and oxygen atoms in total. The number of benzene rings is 1. The average molecular weight is 235 g/mol. The molecule has 0 bridgehead atoms. The van der Waals surface area contributed by atoms with Gasteiger partial charge in [0.25, 0.3) is 0 Å². The van der Waals surface area contributed by atoms with Crippen molar-refractivity contribution in [2.75, 3.05) is 7.05 Å². The molecule has 0 spiro atoms. The molecule has 0 aliphatic rings. The Balaban J connectivity index is 2.86. The zero-order valence-corrected chi connectivity index (χ0v) is 10.9. The fourth-order valence-electron chi connectivity index (χ4n) is 1.78. The van der Waals surface area contributed by atoms with E-state index in [0.717, 1.165) is 5.56 Å². The molecule has 0 aliphatic carbocycles. The molecule has 94 valence electrons. The smallest absolute Gasteiger partial charge is 0.309 e. The molecule has 0 heterocycles. The summed E-state index contributed by atoms with van der Waals surface area (Å²) in [6, 6.07) is 8.27. The molecule has 1 rings (SSSR count). The van der Waals surface area contributed by atoms with Crippen LogP contribution >= 0.6 is 0 Å². The van der Waals surface area contributed by atoms with Crippen LogP contribution in [0.2, 0.25) is 0 Å². The first-order valence-corrected chi connectivity index (χ1v) is 5.84. The van der Waals surface area contributed by atoms with E-state index in [0.29, 0.717) is 6.42 Å². The standard InChI is InChI=1S/C14H21NO2/c1-10-5-7-11(8-6-10)12(15-4)9-14(2,3)13(16)17/h5-8,12,15H,9H2,1-4H3,(H,16,17). The van der Waals surface area contributed by atoms with Crippen LogP contribution in [0.25, 0.3) is 0 Å². The average Bonchev–Trinajstić information content (AvgIpc) is 2.27. The number of carbonyl (C=O) groups is 1. The second-order valence-corrected chi connectivity index (χ2v) is 5.15. The maximum atomic E-state index is 11.1. The lowest BCUT2D eigenvalue weighted by atomic mass is 9.83. The van der Waals surface area contributed by atoms with Crippen molar-refractivity contribution in [1.82, 2.24) is 5.32 Å². The van der Waals surface area contributed by atoms with Gasteiger partial charge in [0.2, 0.25) is 0 Å². The van der Waals surface area contributed by atoms with Crippen LogP contribution in [0.4, 0.5) is 0 Å². The topological polar surface area (TPSA) is 49.3 Å². The molecule has 17 heavy (non-hydrogen) atoms. The lowest BCUT2D eigenvalue weighted by Gasteiger charge is -2.26. The summed E-state index contributed by atoms with van der Waals surface area (Å²) in [4.78, 5) is 11.1. The number of carboxylic acids is 1. The Hall–Kier alpha value is -1.35. The Morgan fingerprint density at radius 2 is 1.88 bits per heavy atom. The van der Waals surface area contributed by atoms with E-state index in [1.807, 2.05) is 26.1 Å². The van der Waals surface area contributed by atoms with Crippen LogP contribution < -0.4 is 5.32 Å². The van der Waals surface area contributed by atoms with Crippen LogP contribution in [0.5, 0.6) is 0 Å². The van der Waals surface area contributed by atoms with Gasteiger partial charge in [-0.15, -0.1) is 0 Å². The summed E-state index contributed by atoms with van der Waals surface area (Å²) in [6.07, 6.45) is 0.571. The molecule has 0 saturated carbocycles. The summed E-state index contributed by atoms with van der Waals surface area (Å²) in [7, 11) is 1.86. The second-order valence-electron chi connectivity index (χ2n) is 5.15. The van der Waals surface area contributed by atoms with Crippen molar-refractivity contribution >= 4 is 5.97 Å². The molecule has 1 aromatic rings. The van der Waals surface area contributed by atoms with Crippen LogP contribution in [0, 0.1) is 12.3 Å². The highest BCUT2D eigenvalue weighted by molar-refractivity contribution is 5.73. The zero-order valence-electron chi connectivity index (χ0n) is 10.9. The van der Waals surface area contributed by atoms with Crippen molar-refractivity contribution in [3.05, 3.63) is 35.4 Å². The van der Waals surface area contributed by atoms with E-state index in [1.165, 1.54) is 5.56 Å². The van der Waals surface area contributed by atoms with Crippen LogP contribution in [-0.2, 0) is 4.79 Å². The van der Waals surface area contributed by atoms with Gasteiger partial charge in [-0.25, -0.2) is 0 Å². The Labute approximate surface area is 103 Å². The fourth-order valence-corrected chi connectivity index (χ4v) is 1.78. The fraction of sp³-hybridized carbons (Fsp3) is 0.500. The van der Waals surface area contributed by atoms with Gasteiger partial charge in [0.05, 0.1) is 5.41 Å². The first-order chi connectivity index (χ1) is 7.86. The van der Waals surface area contributed by atoms with E-state index < -0.39 is 11.4 Å². The molecule has 1 aromatic carbocycles. The zero-order chi connectivity index (χ0) is 13.1. The van der Waals surface area contributed by atoms with E-state index in [9.17, 15) is 4.79 Å².